The van der Waals surface area contributed by atoms with E-state index < -0.39 is 0 Å². The first-order valence-corrected chi connectivity index (χ1v) is 10.4. The monoisotopic (exact) mass is 424 g/mol. The number of ether oxygens (including phenoxy) is 1. The normalized spacial score (nSPS) is 19.2. The summed E-state index contributed by atoms with van der Waals surface area (Å²) in [5, 5.41) is 9.72. The minimum atomic E-state index is 0. The number of amides is 1. The molecule has 0 aliphatic heterocycles. The Kier molecular flexibility index (Phi) is 11.1. The highest BCUT2D eigenvalue weighted by atomic mass is 35.5. The van der Waals surface area contributed by atoms with Gasteiger partial charge in [0, 0.05) is 18.7 Å². The van der Waals surface area contributed by atoms with E-state index >= 15 is 0 Å². The summed E-state index contributed by atoms with van der Waals surface area (Å²) in [6, 6.07) is 5.46. The number of phenols is 1. The Hall–Kier alpha value is -1.72. The number of phenolic OH excluding ortho intramolecular Hbond substituents is 1. The number of rotatable bonds is 9. The molecule has 0 spiro atoms. The Morgan fingerprint density at radius 2 is 1.83 bits per heavy atom. The van der Waals surface area contributed by atoms with Crippen molar-refractivity contribution in [1.29, 1.82) is 0 Å². The van der Waals surface area contributed by atoms with Gasteiger partial charge in [-0.25, -0.2) is 0 Å². The summed E-state index contributed by atoms with van der Waals surface area (Å²) in [6.07, 6.45) is 10.2. The molecular weight excluding hydrogens is 388 g/mol. The van der Waals surface area contributed by atoms with Crippen LogP contribution in [0.15, 0.2) is 24.3 Å². The standard InChI is InChI=1S/C23H36N2O3.ClH/c1-18-7-11-20(12-8-18)25(16-6-5-15-24(2)3)23(27)14-10-19-9-13-21(26)22(17-19)28-4;/h9-10,13-14,17-18,20,26H,5-8,11-12,15-16H2,1-4H3;1H/b14-10+;. The van der Waals surface area contributed by atoms with Gasteiger partial charge in [0.25, 0.3) is 0 Å². The smallest absolute Gasteiger partial charge is 0.246 e. The fraction of sp³-hybridized carbons (Fsp3) is 0.609. The van der Waals surface area contributed by atoms with E-state index in [0.717, 1.165) is 50.3 Å². The summed E-state index contributed by atoms with van der Waals surface area (Å²) in [5.74, 6) is 1.36. The Morgan fingerprint density at radius 3 is 2.45 bits per heavy atom. The second-order valence-electron chi connectivity index (χ2n) is 8.22. The molecule has 1 aromatic rings. The van der Waals surface area contributed by atoms with E-state index in [1.807, 2.05) is 6.08 Å². The predicted octanol–water partition coefficient (Wildman–Crippen LogP) is 4.58. The van der Waals surface area contributed by atoms with Crippen molar-refractivity contribution in [3.63, 3.8) is 0 Å². The SMILES string of the molecule is COc1cc(/C=C/C(=O)N(CCCCN(C)C)C2CCC(C)CC2)ccc1O.Cl. The van der Waals surface area contributed by atoms with Crippen LogP contribution in [-0.4, -0.2) is 61.2 Å². The van der Waals surface area contributed by atoms with Crippen LogP contribution in [0.25, 0.3) is 6.08 Å². The largest absolute Gasteiger partial charge is 0.504 e. The first-order valence-electron chi connectivity index (χ1n) is 10.4. The predicted molar refractivity (Wildman–Crippen MR) is 122 cm³/mol. The summed E-state index contributed by atoms with van der Waals surface area (Å²) >= 11 is 0. The maximum absolute atomic E-state index is 13.0. The number of carbonyl (C=O) groups excluding carboxylic acids is 1. The molecule has 1 saturated carbocycles. The highest BCUT2D eigenvalue weighted by Crippen LogP contribution is 2.29. The van der Waals surface area contributed by atoms with E-state index in [0.29, 0.717) is 11.8 Å². The van der Waals surface area contributed by atoms with Crippen molar-refractivity contribution in [2.24, 2.45) is 5.92 Å². The van der Waals surface area contributed by atoms with E-state index in [9.17, 15) is 9.90 Å². The van der Waals surface area contributed by atoms with Crippen molar-refractivity contribution < 1.29 is 14.6 Å². The van der Waals surface area contributed by atoms with Crippen LogP contribution in [0.1, 0.15) is 51.0 Å². The summed E-state index contributed by atoms with van der Waals surface area (Å²) < 4.78 is 5.15. The number of aromatic hydroxyl groups is 1. The maximum Gasteiger partial charge on any atom is 0.246 e. The van der Waals surface area contributed by atoms with Crippen LogP contribution in [0.2, 0.25) is 0 Å². The lowest BCUT2D eigenvalue weighted by Gasteiger charge is -2.36. The Labute approximate surface area is 182 Å². The number of benzene rings is 1. The second kappa shape index (κ2) is 12.8. The molecule has 1 fully saturated rings. The van der Waals surface area contributed by atoms with E-state index in [1.54, 1.807) is 24.3 Å². The third-order valence-electron chi connectivity index (χ3n) is 5.59. The van der Waals surface area contributed by atoms with E-state index in [-0.39, 0.29) is 24.1 Å². The van der Waals surface area contributed by atoms with Crippen molar-refractivity contribution in [1.82, 2.24) is 9.80 Å². The molecule has 29 heavy (non-hydrogen) atoms. The van der Waals surface area contributed by atoms with Gasteiger partial charge in [-0.3, -0.25) is 4.79 Å². The van der Waals surface area contributed by atoms with E-state index in [1.165, 1.54) is 20.0 Å². The number of unbranched alkanes of at least 4 members (excludes halogenated alkanes) is 1. The number of hydrogen-bond acceptors (Lipinski definition) is 4. The Balaban J connectivity index is 0.00000420. The van der Waals surface area contributed by atoms with Crippen molar-refractivity contribution in [3.05, 3.63) is 29.8 Å². The first-order chi connectivity index (χ1) is 13.4. The van der Waals surface area contributed by atoms with Gasteiger partial charge < -0.3 is 19.6 Å². The van der Waals surface area contributed by atoms with E-state index in [2.05, 4.69) is 30.8 Å². The van der Waals surface area contributed by atoms with Gasteiger partial charge in [0.05, 0.1) is 7.11 Å². The van der Waals surface area contributed by atoms with Crippen LogP contribution in [0.4, 0.5) is 0 Å². The van der Waals surface area contributed by atoms with E-state index in [4.69, 9.17) is 4.74 Å². The zero-order chi connectivity index (χ0) is 20.5. The number of hydrogen-bond donors (Lipinski definition) is 1. The summed E-state index contributed by atoms with van der Waals surface area (Å²) in [5.41, 5.74) is 0.841. The molecule has 1 aliphatic rings. The van der Waals surface area contributed by atoms with Crippen LogP contribution in [0.3, 0.4) is 0 Å². The lowest BCUT2D eigenvalue weighted by molar-refractivity contribution is -0.129. The lowest BCUT2D eigenvalue weighted by atomic mass is 9.86. The average Bonchev–Trinajstić information content (AvgIpc) is 2.68. The van der Waals surface area contributed by atoms with Crippen molar-refractivity contribution in [3.8, 4) is 11.5 Å². The molecule has 0 radical (unpaired) electrons. The molecule has 1 amide bonds. The molecule has 0 aromatic heterocycles. The summed E-state index contributed by atoms with van der Waals surface area (Å²) in [4.78, 5) is 17.3. The number of nitrogens with zero attached hydrogens (tertiary/aromatic N) is 2. The molecular formula is C23H37ClN2O3. The number of methoxy groups -OCH3 is 1. The quantitative estimate of drug-likeness (QED) is 0.465. The molecule has 164 valence electrons. The number of halogens is 1. The molecule has 5 nitrogen and oxygen atoms in total. The molecule has 0 unspecified atom stereocenters. The molecule has 6 heteroatoms. The topological polar surface area (TPSA) is 53.0 Å². The average molecular weight is 425 g/mol. The van der Waals surface area contributed by atoms with Crippen LogP contribution in [0.5, 0.6) is 11.5 Å². The van der Waals surface area contributed by atoms with Crippen LogP contribution < -0.4 is 4.74 Å². The third kappa shape index (κ3) is 8.27. The summed E-state index contributed by atoms with van der Waals surface area (Å²) in [7, 11) is 5.69. The highest BCUT2D eigenvalue weighted by molar-refractivity contribution is 5.92. The molecule has 0 saturated heterocycles. The van der Waals surface area contributed by atoms with Crippen LogP contribution in [-0.2, 0) is 4.79 Å². The maximum atomic E-state index is 13.0. The molecule has 0 atom stereocenters. The van der Waals surface area contributed by atoms with Crippen molar-refractivity contribution in [2.75, 3.05) is 34.3 Å². The molecule has 1 aromatic carbocycles. The fourth-order valence-corrected chi connectivity index (χ4v) is 3.80. The van der Waals surface area contributed by atoms with Gasteiger partial charge in [-0.1, -0.05) is 13.0 Å². The third-order valence-corrected chi connectivity index (χ3v) is 5.59. The highest BCUT2D eigenvalue weighted by Gasteiger charge is 2.26. The van der Waals surface area contributed by atoms with Crippen LogP contribution in [0, 0.1) is 5.92 Å². The van der Waals surface area contributed by atoms with Crippen molar-refractivity contribution in [2.45, 2.75) is 51.5 Å². The molecule has 0 bridgehead atoms. The van der Waals surface area contributed by atoms with Gasteiger partial charge in [0.2, 0.25) is 5.91 Å². The molecule has 0 heterocycles. The zero-order valence-corrected chi connectivity index (χ0v) is 19.1. The molecule has 1 aliphatic carbocycles. The van der Waals surface area contributed by atoms with Gasteiger partial charge in [0.1, 0.15) is 0 Å². The Morgan fingerprint density at radius 1 is 1.17 bits per heavy atom. The van der Waals surface area contributed by atoms with Gasteiger partial charge in [0.15, 0.2) is 11.5 Å². The molecule has 1 N–H and O–H groups in total. The summed E-state index contributed by atoms with van der Waals surface area (Å²) in [6.45, 7) is 4.17. The second-order valence-corrected chi connectivity index (χ2v) is 8.22. The van der Waals surface area contributed by atoms with Crippen molar-refractivity contribution >= 4 is 24.4 Å². The van der Waals surface area contributed by atoms with Gasteiger partial charge in [-0.2, -0.15) is 0 Å². The lowest BCUT2D eigenvalue weighted by Crippen LogP contribution is -2.42. The minimum Gasteiger partial charge on any atom is -0.504 e. The van der Waals surface area contributed by atoms with Crippen LogP contribution >= 0.6 is 12.4 Å². The Bertz CT molecular complexity index is 656. The van der Waals surface area contributed by atoms with Gasteiger partial charge in [-0.05, 0) is 88.9 Å². The first kappa shape index (κ1) is 25.3. The number of carbonyl (C=O) groups is 1. The zero-order valence-electron chi connectivity index (χ0n) is 18.3. The minimum absolute atomic E-state index is 0. The molecule has 2 rings (SSSR count). The fourth-order valence-electron chi connectivity index (χ4n) is 3.80. The van der Waals surface area contributed by atoms with Gasteiger partial charge >= 0.3 is 0 Å². The van der Waals surface area contributed by atoms with Gasteiger partial charge in [-0.15, -0.1) is 12.4 Å².